The van der Waals surface area contributed by atoms with E-state index < -0.39 is 0 Å². The van der Waals surface area contributed by atoms with Crippen LogP contribution in [0.5, 0.6) is 5.75 Å². The number of ether oxygens (including phenoxy) is 2. The molecule has 3 nitrogen and oxygen atoms in total. The minimum Gasteiger partial charge on any atom is -0.489 e. The molecule has 100 valence electrons. The Morgan fingerprint density at radius 2 is 2.28 bits per heavy atom. The molecule has 1 aliphatic heterocycles. The van der Waals surface area contributed by atoms with Crippen LogP contribution in [0, 0.1) is 0 Å². The number of nitrogens with two attached hydrogens (primary N) is 1. The summed E-state index contributed by atoms with van der Waals surface area (Å²) in [7, 11) is 0. The fraction of sp³-hybridized carbons (Fsp3) is 0.571. The molecule has 0 radical (unpaired) electrons. The molecule has 0 aromatic heterocycles. The van der Waals surface area contributed by atoms with Gasteiger partial charge in [-0.25, -0.2) is 0 Å². The minimum atomic E-state index is -0.0266. The first kappa shape index (κ1) is 13.7. The topological polar surface area (TPSA) is 44.5 Å². The van der Waals surface area contributed by atoms with Crippen molar-refractivity contribution in [2.75, 3.05) is 6.61 Å². The molecule has 0 amide bonds. The van der Waals surface area contributed by atoms with Crippen molar-refractivity contribution in [3.63, 3.8) is 0 Å². The number of halogens is 1. The summed E-state index contributed by atoms with van der Waals surface area (Å²) in [4.78, 5) is 0. The Morgan fingerprint density at radius 3 is 2.83 bits per heavy atom. The van der Waals surface area contributed by atoms with Crippen LogP contribution in [-0.2, 0) is 11.3 Å². The fourth-order valence-electron chi connectivity index (χ4n) is 2.17. The highest BCUT2D eigenvalue weighted by Gasteiger charge is 2.31. The van der Waals surface area contributed by atoms with Gasteiger partial charge in [0.1, 0.15) is 12.4 Å². The van der Waals surface area contributed by atoms with Gasteiger partial charge in [0.15, 0.2) is 0 Å². The lowest BCUT2D eigenvalue weighted by atomic mass is 10.1. The molecule has 1 fully saturated rings. The van der Waals surface area contributed by atoms with E-state index in [0.717, 1.165) is 18.4 Å². The SMILES string of the molecule is CC1(C)CCC(COc2ccc(CN)cc2Cl)O1. The fourth-order valence-corrected chi connectivity index (χ4v) is 2.42. The van der Waals surface area contributed by atoms with Crippen molar-refractivity contribution in [3.8, 4) is 5.75 Å². The van der Waals surface area contributed by atoms with Crippen LogP contribution >= 0.6 is 11.6 Å². The molecule has 2 N–H and O–H groups in total. The van der Waals surface area contributed by atoms with Gasteiger partial charge in [0, 0.05) is 6.54 Å². The van der Waals surface area contributed by atoms with Gasteiger partial charge in [-0.15, -0.1) is 0 Å². The highest BCUT2D eigenvalue weighted by atomic mass is 35.5. The molecule has 1 saturated heterocycles. The summed E-state index contributed by atoms with van der Waals surface area (Å²) in [5.41, 5.74) is 6.53. The molecule has 0 aliphatic carbocycles. The molecule has 4 heteroatoms. The second kappa shape index (κ2) is 5.47. The van der Waals surface area contributed by atoms with Crippen LogP contribution < -0.4 is 10.5 Å². The van der Waals surface area contributed by atoms with Crippen LogP contribution in [0.4, 0.5) is 0 Å². The Bertz CT molecular complexity index is 420. The molecule has 0 spiro atoms. The van der Waals surface area contributed by atoms with E-state index in [1.54, 1.807) is 0 Å². The Hall–Kier alpha value is -0.770. The van der Waals surface area contributed by atoms with E-state index in [4.69, 9.17) is 26.8 Å². The first-order valence-corrected chi connectivity index (χ1v) is 6.67. The maximum absolute atomic E-state index is 6.13. The highest BCUT2D eigenvalue weighted by Crippen LogP contribution is 2.31. The summed E-state index contributed by atoms with van der Waals surface area (Å²) < 4.78 is 11.6. The van der Waals surface area contributed by atoms with E-state index in [9.17, 15) is 0 Å². The standard InChI is InChI=1S/C14H20ClNO2/c1-14(2)6-5-11(18-14)9-17-13-4-3-10(8-16)7-12(13)15/h3-4,7,11H,5-6,8-9,16H2,1-2H3. The third-order valence-corrected chi connectivity index (χ3v) is 3.51. The van der Waals surface area contributed by atoms with Gasteiger partial charge < -0.3 is 15.2 Å². The molecule has 1 unspecified atom stereocenters. The predicted octanol–water partition coefficient (Wildman–Crippen LogP) is 3.14. The predicted molar refractivity (Wildman–Crippen MR) is 73.0 cm³/mol. The number of hydrogen-bond acceptors (Lipinski definition) is 3. The van der Waals surface area contributed by atoms with Crippen molar-refractivity contribution in [2.45, 2.75) is 44.9 Å². The van der Waals surface area contributed by atoms with Gasteiger partial charge in [-0.05, 0) is 44.4 Å². The smallest absolute Gasteiger partial charge is 0.138 e. The third-order valence-electron chi connectivity index (χ3n) is 3.21. The van der Waals surface area contributed by atoms with Crippen molar-refractivity contribution >= 4 is 11.6 Å². The monoisotopic (exact) mass is 269 g/mol. The second-order valence-electron chi connectivity index (χ2n) is 5.32. The van der Waals surface area contributed by atoms with Gasteiger partial charge in [-0.3, -0.25) is 0 Å². The van der Waals surface area contributed by atoms with Crippen LogP contribution in [0.3, 0.4) is 0 Å². The van der Waals surface area contributed by atoms with E-state index in [1.165, 1.54) is 0 Å². The summed E-state index contributed by atoms with van der Waals surface area (Å²) in [5.74, 6) is 0.696. The molecule has 1 heterocycles. The van der Waals surface area contributed by atoms with Crippen molar-refractivity contribution in [1.29, 1.82) is 0 Å². The largest absolute Gasteiger partial charge is 0.489 e. The van der Waals surface area contributed by atoms with Gasteiger partial charge >= 0.3 is 0 Å². The number of rotatable bonds is 4. The Kier molecular flexibility index (Phi) is 4.15. The summed E-state index contributed by atoms with van der Waals surface area (Å²) in [5, 5.41) is 0.607. The number of hydrogen-bond donors (Lipinski definition) is 1. The highest BCUT2D eigenvalue weighted by molar-refractivity contribution is 6.32. The average molecular weight is 270 g/mol. The van der Waals surface area contributed by atoms with E-state index in [0.29, 0.717) is 23.9 Å². The summed E-state index contributed by atoms with van der Waals surface area (Å²) in [6, 6.07) is 5.64. The molecule has 1 aromatic carbocycles. The molecule has 2 rings (SSSR count). The van der Waals surface area contributed by atoms with E-state index in [1.807, 2.05) is 18.2 Å². The van der Waals surface area contributed by atoms with Crippen LogP contribution in [0.15, 0.2) is 18.2 Å². The van der Waals surface area contributed by atoms with Crippen LogP contribution in [-0.4, -0.2) is 18.3 Å². The van der Waals surface area contributed by atoms with Crippen molar-refractivity contribution in [1.82, 2.24) is 0 Å². The van der Waals surface area contributed by atoms with Crippen molar-refractivity contribution in [3.05, 3.63) is 28.8 Å². The van der Waals surface area contributed by atoms with Gasteiger partial charge in [0.25, 0.3) is 0 Å². The van der Waals surface area contributed by atoms with Gasteiger partial charge in [-0.2, -0.15) is 0 Å². The normalized spacial score (nSPS) is 22.1. The zero-order valence-corrected chi connectivity index (χ0v) is 11.7. The zero-order valence-electron chi connectivity index (χ0n) is 10.9. The molecule has 0 bridgehead atoms. The summed E-state index contributed by atoms with van der Waals surface area (Å²) in [6.45, 7) is 5.25. The van der Waals surface area contributed by atoms with Gasteiger partial charge in [0.05, 0.1) is 16.7 Å². The zero-order chi connectivity index (χ0) is 13.2. The Morgan fingerprint density at radius 1 is 1.50 bits per heavy atom. The van der Waals surface area contributed by atoms with E-state index >= 15 is 0 Å². The first-order valence-electron chi connectivity index (χ1n) is 6.29. The molecular weight excluding hydrogens is 250 g/mol. The van der Waals surface area contributed by atoms with Crippen LogP contribution in [0.25, 0.3) is 0 Å². The summed E-state index contributed by atoms with van der Waals surface area (Å²) in [6.07, 6.45) is 2.26. The van der Waals surface area contributed by atoms with E-state index in [-0.39, 0.29) is 11.7 Å². The lowest BCUT2D eigenvalue weighted by Gasteiger charge is -2.19. The van der Waals surface area contributed by atoms with Gasteiger partial charge in [-0.1, -0.05) is 17.7 Å². The molecule has 1 atom stereocenters. The average Bonchev–Trinajstić information content (AvgIpc) is 2.67. The molecule has 18 heavy (non-hydrogen) atoms. The van der Waals surface area contributed by atoms with Crippen LogP contribution in [0.1, 0.15) is 32.3 Å². The van der Waals surface area contributed by atoms with Crippen molar-refractivity contribution in [2.24, 2.45) is 5.73 Å². The molecular formula is C14H20ClNO2. The number of benzene rings is 1. The lowest BCUT2D eigenvalue weighted by Crippen LogP contribution is -2.23. The maximum atomic E-state index is 6.13. The first-order chi connectivity index (χ1) is 8.50. The molecule has 1 aromatic rings. The van der Waals surface area contributed by atoms with Gasteiger partial charge in [0.2, 0.25) is 0 Å². The van der Waals surface area contributed by atoms with E-state index in [2.05, 4.69) is 13.8 Å². The summed E-state index contributed by atoms with van der Waals surface area (Å²) >= 11 is 6.13. The van der Waals surface area contributed by atoms with Crippen LogP contribution in [0.2, 0.25) is 5.02 Å². The Balaban J connectivity index is 1.91. The molecule has 0 saturated carbocycles. The minimum absolute atomic E-state index is 0.0266. The Labute approximate surface area is 113 Å². The third kappa shape index (κ3) is 3.37. The lowest BCUT2D eigenvalue weighted by molar-refractivity contribution is -0.0326. The second-order valence-corrected chi connectivity index (χ2v) is 5.73. The molecule has 1 aliphatic rings. The van der Waals surface area contributed by atoms with Crippen molar-refractivity contribution < 1.29 is 9.47 Å². The quantitative estimate of drug-likeness (QED) is 0.913. The maximum Gasteiger partial charge on any atom is 0.138 e.